The molecular formula is C8H13N3. The largest absolute Gasteiger partial charge is 0.368 e. The van der Waals surface area contributed by atoms with Crippen LogP contribution in [0.4, 0.5) is 5.82 Å². The molecule has 3 nitrogen and oxygen atoms in total. The smallest absolute Gasteiger partial charge is 0.126 e. The van der Waals surface area contributed by atoms with E-state index in [0.29, 0.717) is 6.04 Å². The van der Waals surface area contributed by atoms with Gasteiger partial charge in [0.2, 0.25) is 0 Å². The van der Waals surface area contributed by atoms with E-state index in [2.05, 4.69) is 21.8 Å². The number of imidazole rings is 1. The molecule has 0 bridgehead atoms. The van der Waals surface area contributed by atoms with Gasteiger partial charge in [-0.3, -0.25) is 0 Å². The van der Waals surface area contributed by atoms with Gasteiger partial charge in [-0.2, -0.15) is 0 Å². The zero-order chi connectivity index (χ0) is 7.68. The first-order valence-electron chi connectivity index (χ1n) is 4.13. The number of nitrogens with zero attached hydrogens (tertiary/aromatic N) is 2. The summed E-state index contributed by atoms with van der Waals surface area (Å²) in [6.07, 6.45) is 6.28. The maximum absolute atomic E-state index is 4.08. The van der Waals surface area contributed by atoms with Gasteiger partial charge in [0, 0.05) is 12.6 Å². The summed E-state index contributed by atoms with van der Waals surface area (Å²) < 4.78 is 2.17. The molecule has 0 aromatic carbocycles. The quantitative estimate of drug-likeness (QED) is 0.608. The number of fused-ring (bicyclic) bond motifs is 1. The van der Waals surface area contributed by atoms with Crippen LogP contribution in [0.25, 0.3) is 0 Å². The third-order valence-corrected chi connectivity index (χ3v) is 2.14. The first kappa shape index (κ1) is 6.70. The summed E-state index contributed by atoms with van der Waals surface area (Å²) >= 11 is 0. The van der Waals surface area contributed by atoms with Crippen LogP contribution in [0.5, 0.6) is 0 Å². The summed E-state index contributed by atoms with van der Waals surface area (Å²) in [6.45, 7) is 3.31. The topological polar surface area (TPSA) is 29.9 Å². The molecule has 60 valence electrons. The Morgan fingerprint density at radius 2 is 2.64 bits per heavy atom. The summed E-state index contributed by atoms with van der Waals surface area (Å²) in [4.78, 5) is 4.08. The highest BCUT2D eigenvalue weighted by Gasteiger charge is 2.10. The van der Waals surface area contributed by atoms with Crippen molar-refractivity contribution in [3.05, 3.63) is 12.5 Å². The molecule has 1 aliphatic heterocycles. The van der Waals surface area contributed by atoms with E-state index in [0.717, 1.165) is 12.4 Å². The fourth-order valence-electron chi connectivity index (χ4n) is 1.51. The molecule has 0 fully saturated rings. The van der Waals surface area contributed by atoms with Crippen LogP contribution in [-0.4, -0.2) is 15.6 Å². The van der Waals surface area contributed by atoms with Crippen LogP contribution in [0.2, 0.25) is 0 Å². The molecule has 2 heterocycles. The Morgan fingerprint density at radius 1 is 1.73 bits per heavy atom. The third kappa shape index (κ3) is 1.23. The van der Waals surface area contributed by atoms with Crippen molar-refractivity contribution in [1.82, 2.24) is 9.55 Å². The Hall–Kier alpha value is -0.990. The standard InChI is InChI=1S/C8H13N3/c1-7-3-2-4-11-6-9-5-8(11)10-7/h5-7,10H,2-4H2,1H3/t7-/m0/s1. The van der Waals surface area contributed by atoms with Crippen LogP contribution in [0.15, 0.2) is 12.5 Å². The lowest BCUT2D eigenvalue weighted by molar-refractivity contribution is 0.613. The zero-order valence-electron chi connectivity index (χ0n) is 6.75. The van der Waals surface area contributed by atoms with Gasteiger partial charge in [0.1, 0.15) is 5.82 Å². The van der Waals surface area contributed by atoms with Gasteiger partial charge in [0.15, 0.2) is 0 Å². The molecule has 0 aliphatic carbocycles. The number of rotatable bonds is 0. The maximum atomic E-state index is 4.08. The molecule has 1 aromatic rings. The molecule has 1 N–H and O–H groups in total. The summed E-state index contributed by atoms with van der Waals surface area (Å²) in [7, 11) is 0. The Balaban J connectivity index is 2.26. The van der Waals surface area contributed by atoms with E-state index >= 15 is 0 Å². The highest BCUT2D eigenvalue weighted by molar-refractivity contribution is 5.34. The SMILES string of the molecule is C[C@H]1CCCn2cncc2N1. The van der Waals surface area contributed by atoms with Gasteiger partial charge in [-0.05, 0) is 19.8 Å². The Labute approximate surface area is 66.4 Å². The summed E-state index contributed by atoms with van der Waals surface area (Å²) in [5.41, 5.74) is 0. The lowest BCUT2D eigenvalue weighted by atomic mass is 10.2. The number of aromatic nitrogens is 2. The molecule has 11 heavy (non-hydrogen) atoms. The number of aryl methyl sites for hydroxylation is 1. The molecule has 1 aromatic heterocycles. The fourth-order valence-corrected chi connectivity index (χ4v) is 1.51. The van der Waals surface area contributed by atoms with Crippen molar-refractivity contribution in [2.45, 2.75) is 32.4 Å². The number of anilines is 1. The Kier molecular flexibility index (Phi) is 1.56. The molecule has 1 aliphatic rings. The van der Waals surface area contributed by atoms with Gasteiger partial charge < -0.3 is 9.88 Å². The van der Waals surface area contributed by atoms with Gasteiger partial charge >= 0.3 is 0 Å². The Bertz CT molecular complexity index is 241. The second-order valence-corrected chi connectivity index (χ2v) is 3.16. The van der Waals surface area contributed by atoms with E-state index in [1.165, 1.54) is 12.8 Å². The van der Waals surface area contributed by atoms with Crippen molar-refractivity contribution >= 4 is 5.82 Å². The van der Waals surface area contributed by atoms with Gasteiger partial charge in [-0.25, -0.2) is 4.98 Å². The second kappa shape index (κ2) is 2.57. The average molecular weight is 151 g/mol. The molecule has 0 amide bonds. The number of hydrogen-bond donors (Lipinski definition) is 1. The minimum Gasteiger partial charge on any atom is -0.368 e. The predicted molar refractivity (Wildman–Crippen MR) is 44.5 cm³/mol. The number of hydrogen-bond acceptors (Lipinski definition) is 2. The van der Waals surface area contributed by atoms with E-state index in [9.17, 15) is 0 Å². The van der Waals surface area contributed by atoms with Crippen molar-refractivity contribution < 1.29 is 0 Å². The monoisotopic (exact) mass is 151 g/mol. The van der Waals surface area contributed by atoms with Crippen molar-refractivity contribution in [3.8, 4) is 0 Å². The summed E-state index contributed by atoms with van der Waals surface area (Å²) in [6, 6.07) is 0.591. The van der Waals surface area contributed by atoms with Crippen molar-refractivity contribution in [3.63, 3.8) is 0 Å². The molecule has 1 atom stereocenters. The van der Waals surface area contributed by atoms with Crippen molar-refractivity contribution in [1.29, 1.82) is 0 Å². The average Bonchev–Trinajstić information content (AvgIpc) is 2.31. The fraction of sp³-hybridized carbons (Fsp3) is 0.625. The third-order valence-electron chi connectivity index (χ3n) is 2.14. The maximum Gasteiger partial charge on any atom is 0.126 e. The molecule has 3 heteroatoms. The molecular weight excluding hydrogens is 138 g/mol. The first-order valence-corrected chi connectivity index (χ1v) is 4.13. The second-order valence-electron chi connectivity index (χ2n) is 3.16. The van der Waals surface area contributed by atoms with Gasteiger partial charge in [-0.1, -0.05) is 0 Å². The molecule has 0 saturated carbocycles. The van der Waals surface area contributed by atoms with E-state index in [-0.39, 0.29) is 0 Å². The minimum absolute atomic E-state index is 0.591. The van der Waals surface area contributed by atoms with E-state index in [1.807, 2.05) is 12.5 Å². The van der Waals surface area contributed by atoms with E-state index in [1.54, 1.807) is 0 Å². The zero-order valence-corrected chi connectivity index (χ0v) is 6.75. The normalized spacial score (nSPS) is 23.5. The van der Waals surface area contributed by atoms with Crippen LogP contribution in [-0.2, 0) is 6.54 Å². The van der Waals surface area contributed by atoms with E-state index in [4.69, 9.17) is 0 Å². The summed E-state index contributed by atoms with van der Waals surface area (Å²) in [5.74, 6) is 1.16. The van der Waals surface area contributed by atoms with Crippen molar-refractivity contribution in [2.75, 3.05) is 5.32 Å². The molecule has 2 rings (SSSR count). The van der Waals surface area contributed by atoms with Crippen LogP contribution in [0.1, 0.15) is 19.8 Å². The molecule has 0 radical (unpaired) electrons. The van der Waals surface area contributed by atoms with Crippen molar-refractivity contribution in [2.24, 2.45) is 0 Å². The van der Waals surface area contributed by atoms with Gasteiger partial charge in [0.05, 0.1) is 12.5 Å². The molecule has 0 unspecified atom stereocenters. The molecule has 0 saturated heterocycles. The molecule has 0 spiro atoms. The van der Waals surface area contributed by atoms with Gasteiger partial charge in [0.25, 0.3) is 0 Å². The Morgan fingerprint density at radius 3 is 3.55 bits per heavy atom. The lowest BCUT2D eigenvalue weighted by Gasteiger charge is -2.09. The number of nitrogens with one attached hydrogen (secondary N) is 1. The van der Waals surface area contributed by atoms with Crippen LogP contribution in [0.3, 0.4) is 0 Å². The van der Waals surface area contributed by atoms with Crippen LogP contribution in [0, 0.1) is 0 Å². The van der Waals surface area contributed by atoms with Gasteiger partial charge in [-0.15, -0.1) is 0 Å². The minimum atomic E-state index is 0.591. The lowest BCUT2D eigenvalue weighted by Crippen LogP contribution is -2.13. The highest BCUT2D eigenvalue weighted by atomic mass is 15.2. The summed E-state index contributed by atoms with van der Waals surface area (Å²) in [5, 5.41) is 3.40. The predicted octanol–water partition coefficient (Wildman–Crippen LogP) is 1.48. The van der Waals surface area contributed by atoms with Crippen LogP contribution < -0.4 is 5.32 Å². The van der Waals surface area contributed by atoms with Crippen LogP contribution >= 0.6 is 0 Å². The first-order chi connectivity index (χ1) is 5.36. The van der Waals surface area contributed by atoms with E-state index < -0.39 is 0 Å². The highest BCUT2D eigenvalue weighted by Crippen LogP contribution is 2.15.